The van der Waals surface area contributed by atoms with Crippen LogP contribution in [0.3, 0.4) is 0 Å². The lowest BCUT2D eigenvalue weighted by Crippen LogP contribution is -2.15. The Hall–Kier alpha value is -2.15. The van der Waals surface area contributed by atoms with Crippen molar-refractivity contribution in [3.63, 3.8) is 0 Å². The number of carbonyl (C=O) groups is 1. The molecule has 82 valence electrons. The second-order valence-electron chi connectivity index (χ2n) is 3.57. The van der Waals surface area contributed by atoms with Crippen LogP contribution in [0, 0.1) is 18.3 Å². The number of rotatable bonds is 1. The van der Waals surface area contributed by atoms with Crippen LogP contribution in [0.2, 0.25) is 0 Å². The van der Waals surface area contributed by atoms with Crippen LogP contribution < -0.4 is 10.1 Å². The first-order chi connectivity index (χ1) is 7.70. The summed E-state index contributed by atoms with van der Waals surface area (Å²) in [6.45, 7) is 1.04. The number of hydrogen-bond acceptors (Lipinski definition) is 3. The highest BCUT2D eigenvalue weighted by Crippen LogP contribution is 2.28. The van der Waals surface area contributed by atoms with Crippen LogP contribution in [0.15, 0.2) is 18.2 Å². The lowest BCUT2D eigenvalue weighted by Gasteiger charge is -2.07. The molecule has 0 radical (unpaired) electrons. The highest BCUT2D eigenvalue weighted by Gasteiger charge is 2.16. The molecule has 1 aliphatic heterocycles. The summed E-state index contributed by atoms with van der Waals surface area (Å²) in [4.78, 5) is 10.8. The van der Waals surface area contributed by atoms with E-state index in [9.17, 15) is 4.79 Å². The third kappa shape index (κ3) is 1.94. The minimum Gasteiger partial charge on any atom is -0.490 e. The number of nitrogens with one attached hydrogen (secondary N) is 1. The van der Waals surface area contributed by atoms with Crippen LogP contribution in [0.25, 0.3) is 0 Å². The first-order valence-electron chi connectivity index (χ1n) is 4.91. The molecule has 1 heterocycles. The van der Waals surface area contributed by atoms with Crippen molar-refractivity contribution in [1.29, 1.82) is 0 Å². The third-order valence-corrected chi connectivity index (χ3v) is 2.44. The van der Waals surface area contributed by atoms with Gasteiger partial charge in [-0.15, -0.1) is 6.42 Å². The Bertz CT molecular complexity index is 462. The second-order valence-corrected chi connectivity index (χ2v) is 3.57. The van der Waals surface area contributed by atoms with Gasteiger partial charge in [0.05, 0.1) is 17.2 Å². The van der Waals surface area contributed by atoms with Crippen molar-refractivity contribution in [3.05, 3.63) is 23.8 Å². The zero-order chi connectivity index (χ0) is 11.5. The van der Waals surface area contributed by atoms with E-state index in [0.717, 1.165) is 5.69 Å². The van der Waals surface area contributed by atoms with Crippen LogP contribution in [-0.2, 0) is 0 Å². The van der Waals surface area contributed by atoms with E-state index in [4.69, 9.17) is 16.3 Å². The largest absolute Gasteiger partial charge is 0.490 e. The maximum atomic E-state index is 10.8. The minimum atomic E-state index is -0.968. The summed E-state index contributed by atoms with van der Waals surface area (Å²) >= 11 is 0. The standard InChI is InChI=1S/C12H11NO3/c1-2-8-6-13-10-4-3-9(12(14)15)5-11(10)16-7-8/h1,3-5,8,13H,6-7H2,(H,14,15)/t8-/m0/s1. The number of carboxylic acids is 1. The summed E-state index contributed by atoms with van der Waals surface area (Å²) in [7, 11) is 0. The van der Waals surface area contributed by atoms with Gasteiger partial charge in [-0.3, -0.25) is 0 Å². The van der Waals surface area contributed by atoms with E-state index in [1.165, 1.54) is 12.1 Å². The van der Waals surface area contributed by atoms with E-state index in [1.54, 1.807) is 6.07 Å². The van der Waals surface area contributed by atoms with E-state index in [2.05, 4.69) is 11.2 Å². The van der Waals surface area contributed by atoms with Crippen LogP contribution >= 0.6 is 0 Å². The summed E-state index contributed by atoms with van der Waals surface area (Å²) in [5.41, 5.74) is 0.988. The van der Waals surface area contributed by atoms with Crippen molar-refractivity contribution in [2.24, 2.45) is 5.92 Å². The number of terminal acetylenes is 1. The van der Waals surface area contributed by atoms with Crippen LogP contribution in [-0.4, -0.2) is 24.2 Å². The number of hydrogen-bond donors (Lipinski definition) is 2. The third-order valence-electron chi connectivity index (χ3n) is 2.44. The highest BCUT2D eigenvalue weighted by molar-refractivity contribution is 5.89. The highest BCUT2D eigenvalue weighted by atomic mass is 16.5. The molecular weight excluding hydrogens is 206 g/mol. The predicted octanol–water partition coefficient (Wildman–Crippen LogP) is 1.44. The zero-order valence-corrected chi connectivity index (χ0v) is 8.56. The fourth-order valence-corrected chi connectivity index (χ4v) is 1.51. The summed E-state index contributed by atoms with van der Waals surface area (Å²) in [6, 6.07) is 4.73. The number of ether oxygens (including phenoxy) is 1. The van der Waals surface area contributed by atoms with Crippen molar-refractivity contribution in [2.45, 2.75) is 0 Å². The predicted molar refractivity (Wildman–Crippen MR) is 59.7 cm³/mol. The molecule has 2 N–H and O–H groups in total. The van der Waals surface area contributed by atoms with E-state index >= 15 is 0 Å². The molecule has 1 aliphatic rings. The number of aromatic carboxylic acids is 1. The molecule has 0 aliphatic carbocycles. The average molecular weight is 217 g/mol. The van der Waals surface area contributed by atoms with Crippen LogP contribution in [0.4, 0.5) is 5.69 Å². The molecule has 0 bridgehead atoms. The SMILES string of the molecule is C#C[C@H]1CNc2ccc(C(=O)O)cc2OC1. The zero-order valence-electron chi connectivity index (χ0n) is 8.56. The maximum Gasteiger partial charge on any atom is 0.335 e. The van der Waals surface area contributed by atoms with Gasteiger partial charge in [0, 0.05) is 6.54 Å². The van der Waals surface area contributed by atoms with Gasteiger partial charge in [-0.05, 0) is 18.2 Å². The fraction of sp³-hybridized carbons (Fsp3) is 0.250. The smallest absolute Gasteiger partial charge is 0.335 e. The van der Waals surface area contributed by atoms with Crippen molar-refractivity contribution in [1.82, 2.24) is 0 Å². The molecule has 0 spiro atoms. The minimum absolute atomic E-state index is 0.000628. The van der Waals surface area contributed by atoms with Gasteiger partial charge >= 0.3 is 5.97 Å². The maximum absolute atomic E-state index is 10.8. The summed E-state index contributed by atoms with van der Waals surface area (Å²) in [6.07, 6.45) is 5.32. The Balaban J connectivity index is 2.29. The summed E-state index contributed by atoms with van der Waals surface area (Å²) in [5.74, 6) is 2.18. The van der Waals surface area contributed by atoms with Crippen LogP contribution in [0.5, 0.6) is 5.75 Å². The molecule has 0 saturated heterocycles. The van der Waals surface area contributed by atoms with Gasteiger partial charge in [0.15, 0.2) is 0 Å². The molecule has 0 fully saturated rings. The molecule has 2 rings (SSSR count). The van der Waals surface area contributed by atoms with Crippen molar-refractivity contribution in [3.8, 4) is 18.1 Å². The Morgan fingerprint density at radius 1 is 1.62 bits per heavy atom. The monoisotopic (exact) mass is 217 g/mol. The van der Waals surface area contributed by atoms with Gasteiger partial charge in [0.25, 0.3) is 0 Å². The van der Waals surface area contributed by atoms with Gasteiger partial charge in [0.1, 0.15) is 12.4 Å². The molecule has 0 unspecified atom stereocenters. The van der Waals surface area contributed by atoms with E-state index in [0.29, 0.717) is 18.9 Å². The second kappa shape index (κ2) is 4.15. The van der Waals surface area contributed by atoms with Crippen molar-refractivity contribution < 1.29 is 14.6 Å². The summed E-state index contributed by atoms with van der Waals surface area (Å²) in [5, 5.41) is 12.0. The molecule has 0 aromatic heterocycles. The van der Waals surface area contributed by atoms with Gasteiger partial charge < -0.3 is 15.2 Å². The van der Waals surface area contributed by atoms with Crippen LogP contribution in [0.1, 0.15) is 10.4 Å². The Labute approximate surface area is 93.2 Å². The Kier molecular flexibility index (Phi) is 2.69. The van der Waals surface area contributed by atoms with Gasteiger partial charge in [-0.1, -0.05) is 5.92 Å². The fourth-order valence-electron chi connectivity index (χ4n) is 1.51. The van der Waals surface area contributed by atoms with Gasteiger partial charge in [-0.25, -0.2) is 4.79 Å². The summed E-state index contributed by atoms with van der Waals surface area (Å²) < 4.78 is 5.47. The average Bonchev–Trinajstić information content (AvgIpc) is 2.50. The number of anilines is 1. The topological polar surface area (TPSA) is 58.6 Å². The number of carboxylic acid groups (broad SMARTS) is 1. The quantitative estimate of drug-likeness (QED) is 0.699. The van der Waals surface area contributed by atoms with E-state index in [-0.39, 0.29) is 11.5 Å². The van der Waals surface area contributed by atoms with E-state index < -0.39 is 5.97 Å². The van der Waals surface area contributed by atoms with Crippen molar-refractivity contribution in [2.75, 3.05) is 18.5 Å². The number of benzene rings is 1. The number of fused-ring (bicyclic) bond motifs is 1. The molecule has 4 nitrogen and oxygen atoms in total. The Morgan fingerprint density at radius 2 is 2.44 bits per heavy atom. The first kappa shape index (κ1) is 10.4. The molecule has 0 amide bonds. The lowest BCUT2D eigenvalue weighted by molar-refractivity contribution is 0.0696. The molecule has 1 atom stereocenters. The van der Waals surface area contributed by atoms with Gasteiger partial charge in [-0.2, -0.15) is 0 Å². The Morgan fingerprint density at radius 3 is 3.12 bits per heavy atom. The van der Waals surface area contributed by atoms with E-state index in [1.807, 2.05) is 0 Å². The van der Waals surface area contributed by atoms with Crippen molar-refractivity contribution >= 4 is 11.7 Å². The normalized spacial score (nSPS) is 18.3. The molecule has 0 saturated carbocycles. The molecule has 4 heteroatoms. The molecular formula is C12H11NO3. The molecule has 1 aromatic carbocycles. The molecule has 1 aromatic rings. The van der Waals surface area contributed by atoms with Gasteiger partial charge in [0.2, 0.25) is 0 Å². The first-order valence-corrected chi connectivity index (χ1v) is 4.91. The lowest BCUT2D eigenvalue weighted by atomic mass is 10.2. The molecule has 16 heavy (non-hydrogen) atoms.